The van der Waals surface area contributed by atoms with Crippen molar-refractivity contribution in [2.75, 3.05) is 37.8 Å². The second-order valence-corrected chi connectivity index (χ2v) is 4.90. The number of aliphatic hydroxyl groups is 1. The molecule has 0 spiro atoms. The van der Waals surface area contributed by atoms with Crippen LogP contribution in [0.2, 0.25) is 0 Å². The number of alkyl halides is 1. The zero-order valence-electron chi connectivity index (χ0n) is 8.08. The van der Waals surface area contributed by atoms with Crippen molar-refractivity contribution in [1.82, 2.24) is 4.90 Å². The molecular formula is C9H18FNOS. The first-order chi connectivity index (χ1) is 6.22. The molecule has 1 fully saturated rings. The summed E-state index contributed by atoms with van der Waals surface area (Å²) in [6.07, 6.45) is -0.796. The smallest absolute Gasteiger partial charge is 0.117 e. The molecule has 78 valence electrons. The van der Waals surface area contributed by atoms with Crippen molar-refractivity contribution in [3.05, 3.63) is 0 Å². The van der Waals surface area contributed by atoms with Gasteiger partial charge < -0.3 is 5.11 Å². The summed E-state index contributed by atoms with van der Waals surface area (Å²) in [6.45, 7) is 4.03. The molecule has 4 heteroatoms. The van der Waals surface area contributed by atoms with Gasteiger partial charge in [-0.1, -0.05) is 6.92 Å². The van der Waals surface area contributed by atoms with E-state index in [1.807, 2.05) is 11.8 Å². The van der Waals surface area contributed by atoms with Gasteiger partial charge in [0.1, 0.15) is 6.67 Å². The lowest BCUT2D eigenvalue weighted by Gasteiger charge is -2.23. The Morgan fingerprint density at radius 3 is 3.15 bits per heavy atom. The van der Waals surface area contributed by atoms with Crippen LogP contribution in [0.5, 0.6) is 0 Å². The molecule has 0 aromatic rings. The van der Waals surface area contributed by atoms with Crippen molar-refractivity contribution in [2.24, 2.45) is 5.92 Å². The van der Waals surface area contributed by atoms with E-state index in [4.69, 9.17) is 5.11 Å². The number of nitrogens with zero attached hydrogens (tertiary/aromatic N) is 1. The number of rotatable bonds is 3. The maximum absolute atomic E-state index is 12.1. The van der Waals surface area contributed by atoms with Crippen molar-refractivity contribution in [3.63, 3.8) is 0 Å². The van der Waals surface area contributed by atoms with E-state index in [-0.39, 0.29) is 0 Å². The highest BCUT2D eigenvalue weighted by atomic mass is 32.2. The summed E-state index contributed by atoms with van der Waals surface area (Å²) in [6, 6.07) is 0. The fourth-order valence-electron chi connectivity index (χ4n) is 1.58. The van der Waals surface area contributed by atoms with Crippen molar-refractivity contribution in [2.45, 2.75) is 13.0 Å². The van der Waals surface area contributed by atoms with Crippen LogP contribution in [0.4, 0.5) is 4.39 Å². The van der Waals surface area contributed by atoms with Crippen LogP contribution >= 0.6 is 11.8 Å². The number of halogens is 1. The Labute approximate surface area is 83.5 Å². The molecular weight excluding hydrogens is 189 g/mol. The number of thioether (sulfide) groups is 1. The summed E-state index contributed by atoms with van der Waals surface area (Å²) < 4.78 is 12.1. The third-order valence-electron chi connectivity index (χ3n) is 2.17. The zero-order chi connectivity index (χ0) is 9.68. The topological polar surface area (TPSA) is 23.5 Å². The molecule has 1 N–H and O–H groups in total. The molecule has 1 saturated heterocycles. The van der Waals surface area contributed by atoms with Crippen LogP contribution in [0.15, 0.2) is 0 Å². The minimum atomic E-state index is -0.796. The van der Waals surface area contributed by atoms with Gasteiger partial charge in [-0.05, 0) is 11.7 Å². The molecule has 0 aromatic carbocycles. The van der Waals surface area contributed by atoms with Crippen LogP contribution in [0.3, 0.4) is 0 Å². The van der Waals surface area contributed by atoms with Crippen LogP contribution in [-0.2, 0) is 0 Å². The highest BCUT2D eigenvalue weighted by molar-refractivity contribution is 7.99. The van der Waals surface area contributed by atoms with Gasteiger partial charge in [0.05, 0.1) is 6.10 Å². The molecule has 13 heavy (non-hydrogen) atoms. The van der Waals surface area contributed by atoms with Gasteiger partial charge in [0, 0.05) is 25.4 Å². The summed E-state index contributed by atoms with van der Waals surface area (Å²) in [4.78, 5) is 2.16. The highest BCUT2D eigenvalue weighted by Crippen LogP contribution is 2.15. The Kier molecular flexibility index (Phi) is 5.06. The fraction of sp³-hybridized carbons (Fsp3) is 1.00. The third kappa shape index (κ3) is 4.29. The van der Waals surface area contributed by atoms with E-state index in [0.717, 1.165) is 18.8 Å². The van der Waals surface area contributed by atoms with Crippen LogP contribution in [-0.4, -0.2) is 53.9 Å². The summed E-state index contributed by atoms with van der Waals surface area (Å²) in [5, 5.41) is 9.16. The van der Waals surface area contributed by atoms with Gasteiger partial charge in [-0.3, -0.25) is 4.90 Å². The lowest BCUT2D eigenvalue weighted by atomic mass is 10.2. The van der Waals surface area contributed by atoms with Crippen molar-refractivity contribution >= 4 is 11.8 Å². The molecule has 2 nitrogen and oxygen atoms in total. The predicted octanol–water partition coefficient (Wildman–Crippen LogP) is 1.00. The molecule has 1 aliphatic rings. The number of hydrogen-bond donors (Lipinski definition) is 1. The monoisotopic (exact) mass is 207 g/mol. The lowest BCUT2D eigenvalue weighted by Crippen LogP contribution is -2.36. The Balaban J connectivity index is 2.30. The van der Waals surface area contributed by atoms with Gasteiger partial charge >= 0.3 is 0 Å². The van der Waals surface area contributed by atoms with Gasteiger partial charge in [-0.2, -0.15) is 11.8 Å². The molecule has 0 amide bonds. The van der Waals surface area contributed by atoms with E-state index in [1.165, 1.54) is 5.75 Å². The number of aliphatic hydroxyl groups excluding tert-OH is 1. The van der Waals surface area contributed by atoms with E-state index >= 15 is 0 Å². The molecule has 0 aromatic heterocycles. The summed E-state index contributed by atoms with van der Waals surface area (Å²) in [5.41, 5.74) is 0. The van der Waals surface area contributed by atoms with Crippen LogP contribution in [0.25, 0.3) is 0 Å². The third-order valence-corrected chi connectivity index (χ3v) is 3.45. The normalized spacial score (nSPS) is 28.4. The van der Waals surface area contributed by atoms with E-state index in [9.17, 15) is 4.39 Å². The first kappa shape index (κ1) is 11.3. The largest absolute Gasteiger partial charge is 0.389 e. The van der Waals surface area contributed by atoms with Crippen LogP contribution in [0, 0.1) is 5.92 Å². The molecule has 2 atom stereocenters. The van der Waals surface area contributed by atoms with E-state index < -0.39 is 12.8 Å². The van der Waals surface area contributed by atoms with Gasteiger partial charge in [-0.25, -0.2) is 4.39 Å². The van der Waals surface area contributed by atoms with E-state index in [1.54, 1.807) is 0 Å². The Hall–Kier alpha value is 0.200. The molecule has 1 aliphatic heterocycles. The lowest BCUT2D eigenvalue weighted by molar-refractivity contribution is 0.0885. The summed E-state index contributed by atoms with van der Waals surface area (Å²) in [5.74, 6) is 2.94. The molecule has 0 aliphatic carbocycles. The predicted molar refractivity (Wildman–Crippen MR) is 54.9 cm³/mol. The summed E-state index contributed by atoms with van der Waals surface area (Å²) >= 11 is 1.95. The average Bonchev–Trinajstić information content (AvgIpc) is 2.30. The first-order valence-electron chi connectivity index (χ1n) is 4.76. The summed E-state index contributed by atoms with van der Waals surface area (Å²) in [7, 11) is 0. The van der Waals surface area contributed by atoms with Crippen LogP contribution in [0.1, 0.15) is 6.92 Å². The van der Waals surface area contributed by atoms with E-state index in [2.05, 4.69) is 11.8 Å². The van der Waals surface area contributed by atoms with Crippen LogP contribution < -0.4 is 0 Å². The second-order valence-electron chi connectivity index (χ2n) is 3.75. The number of hydrogen-bond acceptors (Lipinski definition) is 3. The maximum atomic E-state index is 12.1. The first-order valence-corrected chi connectivity index (χ1v) is 5.92. The van der Waals surface area contributed by atoms with Crippen molar-refractivity contribution in [1.29, 1.82) is 0 Å². The Bertz CT molecular complexity index is 148. The highest BCUT2D eigenvalue weighted by Gasteiger charge is 2.17. The van der Waals surface area contributed by atoms with Gasteiger partial charge in [0.25, 0.3) is 0 Å². The van der Waals surface area contributed by atoms with Gasteiger partial charge in [0.15, 0.2) is 0 Å². The van der Waals surface area contributed by atoms with Gasteiger partial charge in [-0.15, -0.1) is 0 Å². The molecule has 0 bridgehead atoms. The van der Waals surface area contributed by atoms with Crippen molar-refractivity contribution < 1.29 is 9.50 Å². The Morgan fingerprint density at radius 1 is 1.69 bits per heavy atom. The molecule has 1 rings (SSSR count). The second kappa shape index (κ2) is 5.83. The van der Waals surface area contributed by atoms with E-state index in [0.29, 0.717) is 12.5 Å². The standard InChI is InChI=1S/C9H18FNOS/c1-8-5-11(2-3-13-7-8)6-9(12)4-10/h8-9,12H,2-7H2,1H3. The molecule has 1 heterocycles. The minimum absolute atomic E-state index is 0.488. The molecule has 0 radical (unpaired) electrons. The number of β-amino-alcohol motifs (C(OH)–C–C–N with tert-alkyl or cyclic N) is 1. The minimum Gasteiger partial charge on any atom is -0.389 e. The quantitative estimate of drug-likeness (QED) is 0.747. The fourth-order valence-corrected chi connectivity index (χ4v) is 2.64. The molecule has 2 unspecified atom stereocenters. The zero-order valence-corrected chi connectivity index (χ0v) is 8.89. The van der Waals surface area contributed by atoms with Crippen molar-refractivity contribution in [3.8, 4) is 0 Å². The maximum Gasteiger partial charge on any atom is 0.117 e. The SMILES string of the molecule is CC1CSCCN(CC(O)CF)C1. The average molecular weight is 207 g/mol. The Morgan fingerprint density at radius 2 is 2.46 bits per heavy atom. The molecule has 0 saturated carbocycles. The van der Waals surface area contributed by atoms with Gasteiger partial charge in [0.2, 0.25) is 0 Å².